The van der Waals surface area contributed by atoms with Gasteiger partial charge >= 0.3 is 166 Å². The second kappa shape index (κ2) is 5.94. The number of rotatable bonds is 1. The first kappa shape index (κ1) is 15.9. The van der Waals surface area contributed by atoms with Crippen molar-refractivity contribution >= 4 is 72.2 Å². The molecule has 27 heavy (non-hydrogen) atoms. The van der Waals surface area contributed by atoms with Crippen molar-refractivity contribution in [2.24, 2.45) is 0 Å². The van der Waals surface area contributed by atoms with Crippen molar-refractivity contribution in [3.8, 4) is 10.4 Å². The van der Waals surface area contributed by atoms with Gasteiger partial charge in [-0.05, 0) is 0 Å². The average Bonchev–Trinajstić information content (AvgIpc) is 3.24. The Morgan fingerprint density at radius 1 is 0.630 bits per heavy atom. The fourth-order valence-electron chi connectivity index (χ4n) is 3.95. The molecule has 0 unspecified atom stereocenters. The van der Waals surface area contributed by atoms with E-state index < -0.39 is 0 Å². The predicted molar refractivity (Wildman–Crippen MR) is 121 cm³/mol. The van der Waals surface area contributed by atoms with Gasteiger partial charge in [0.05, 0.1) is 0 Å². The van der Waals surface area contributed by atoms with Crippen molar-refractivity contribution in [2.45, 2.75) is 6.92 Å². The van der Waals surface area contributed by atoms with Crippen LogP contribution in [0.4, 0.5) is 0 Å². The van der Waals surface area contributed by atoms with Crippen LogP contribution < -0.4 is 0 Å². The first-order chi connectivity index (χ1) is 13.2. The Morgan fingerprint density at radius 3 is 2.11 bits per heavy atom. The third kappa shape index (κ3) is 2.64. The van der Waals surface area contributed by atoms with Crippen molar-refractivity contribution in [3.63, 3.8) is 0 Å². The van der Waals surface area contributed by atoms with E-state index in [0.717, 1.165) is 0 Å². The van der Waals surface area contributed by atoms with Gasteiger partial charge in [-0.2, -0.15) is 0 Å². The predicted octanol–water partition coefficient (Wildman–Crippen LogP) is 7.39. The molecule has 0 amide bonds. The van der Waals surface area contributed by atoms with Crippen LogP contribution in [0.1, 0.15) is 3.58 Å². The molecule has 0 aliphatic heterocycles. The summed E-state index contributed by atoms with van der Waals surface area (Å²) in [5.41, 5.74) is 1.30. The van der Waals surface area contributed by atoms with Crippen LogP contribution in [0.2, 0.25) is 0 Å². The van der Waals surface area contributed by atoms with Crippen molar-refractivity contribution in [1.29, 1.82) is 0 Å². The van der Waals surface area contributed by atoms with Crippen molar-refractivity contribution in [2.75, 3.05) is 0 Å². The third-order valence-electron chi connectivity index (χ3n) is 5.25. The summed E-state index contributed by atoms with van der Waals surface area (Å²) in [5, 5.41) is 8.22. The Kier molecular flexibility index (Phi) is 3.50. The molecule has 0 aliphatic rings. The fourth-order valence-corrected chi connectivity index (χ4v) is 7.78. The summed E-state index contributed by atoms with van der Waals surface area (Å²) in [6, 6.07) is 29.7. The van der Waals surface area contributed by atoms with Gasteiger partial charge in [-0.15, -0.1) is 0 Å². The fraction of sp³-hybridized carbons (Fsp3) is 0.0400. The maximum absolute atomic E-state index is 2.44. The average molecular weight is 476 g/mol. The third-order valence-corrected chi connectivity index (χ3v) is 9.29. The molecule has 0 nitrogen and oxygen atoms in total. The van der Waals surface area contributed by atoms with E-state index in [4.69, 9.17) is 0 Å². The molecular formula is C25H16STe. The van der Waals surface area contributed by atoms with Gasteiger partial charge in [-0.25, -0.2) is 0 Å². The topological polar surface area (TPSA) is 0 Å². The minimum absolute atomic E-state index is 0.137. The molecule has 4 aromatic carbocycles. The zero-order chi connectivity index (χ0) is 18.0. The molecule has 2 aromatic heterocycles. The monoisotopic (exact) mass is 478 g/mol. The first-order valence-corrected chi connectivity index (χ1v) is 12.2. The molecular weight excluding hydrogens is 460 g/mol. The van der Waals surface area contributed by atoms with E-state index in [2.05, 4.69) is 85.8 Å². The van der Waals surface area contributed by atoms with Crippen LogP contribution >= 0.6 is 11.3 Å². The summed E-state index contributed by atoms with van der Waals surface area (Å²) in [7, 11) is 0. The summed E-state index contributed by atoms with van der Waals surface area (Å²) in [4.78, 5) is 1.34. The number of benzene rings is 4. The molecule has 6 rings (SSSR count). The number of thiophene rings is 1. The second-order valence-electron chi connectivity index (χ2n) is 7.16. The van der Waals surface area contributed by atoms with Gasteiger partial charge in [0.25, 0.3) is 0 Å². The second-order valence-corrected chi connectivity index (χ2v) is 11.9. The van der Waals surface area contributed by atoms with Crippen molar-refractivity contribution in [3.05, 3.63) is 82.4 Å². The quantitative estimate of drug-likeness (QED) is 0.172. The molecule has 0 N–H and O–H groups in total. The number of hydrogen-bond donors (Lipinski definition) is 0. The van der Waals surface area contributed by atoms with E-state index in [0.29, 0.717) is 0 Å². The molecule has 0 fully saturated rings. The Labute approximate surface area is 171 Å². The normalized spacial score (nSPS) is 11.9. The molecule has 0 radical (unpaired) electrons. The van der Waals surface area contributed by atoms with Crippen molar-refractivity contribution in [1.82, 2.24) is 0 Å². The molecule has 128 valence electrons. The van der Waals surface area contributed by atoms with Crippen LogP contribution in [0.15, 0.2) is 78.9 Å². The van der Waals surface area contributed by atoms with Crippen LogP contribution in [0.25, 0.3) is 50.9 Å². The number of aryl methyl sites for hydroxylation is 1. The van der Waals surface area contributed by atoms with Gasteiger partial charge in [0.2, 0.25) is 0 Å². The summed E-state index contributed by atoms with van der Waals surface area (Å²) in [6.45, 7) is 2.28. The Bertz CT molecular complexity index is 1380. The maximum atomic E-state index is 2.44. The molecule has 2 heteroatoms. The standard InChI is InChI=1S/C25H16STe/c1-15-7-22-11-18-8-17-10-21-13-23(16-5-3-2-4-6-16)26-24(21)12-19(17)9-20(18)14-25(22)27-15/h2-14H,1H3. The molecule has 0 aliphatic carbocycles. The zero-order valence-electron chi connectivity index (χ0n) is 14.8. The van der Waals surface area contributed by atoms with Crippen LogP contribution in [-0.4, -0.2) is 20.4 Å². The van der Waals surface area contributed by atoms with Crippen molar-refractivity contribution < 1.29 is 0 Å². The Hall–Kier alpha value is -2.11. The van der Waals surface area contributed by atoms with E-state index in [1.165, 1.54) is 47.5 Å². The summed E-state index contributed by atoms with van der Waals surface area (Å²) in [6.07, 6.45) is 0. The SMILES string of the molecule is Cc1cc2cc3cc4cc5cc(-c6ccccc6)sc5cc4cc3cc2[te]1. The Balaban J connectivity index is 1.61. The molecule has 0 atom stereocenters. The van der Waals surface area contributed by atoms with Gasteiger partial charge in [-0.1, -0.05) is 6.07 Å². The van der Waals surface area contributed by atoms with Crippen LogP contribution in [0.3, 0.4) is 0 Å². The first-order valence-electron chi connectivity index (χ1n) is 9.10. The molecule has 0 spiro atoms. The van der Waals surface area contributed by atoms with Gasteiger partial charge in [0.15, 0.2) is 0 Å². The van der Waals surface area contributed by atoms with E-state index in [1.807, 2.05) is 11.3 Å². The van der Waals surface area contributed by atoms with Crippen LogP contribution in [-0.2, 0) is 0 Å². The Morgan fingerprint density at radius 2 is 1.30 bits per heavy atom. The van der Waals surface area contributed by atoms with E-state index >= 15 is 0 Å². The van der Waals surface area contributed by atoms with E-state index in [9.17, 15) is 0 Å². The van der Waals surface area contributed by atoms with Gasteiger partial charge in [0, 0.05) is 0 Å². The van der Waals surface area contributed by atoms with Crippen LogP contribution in [0, 0.1) is 6.92 Å². The number of hydrogen-bond acceptors (Lipinski definition) is 1. The van der Waals surface area contributed by atoms with E-state index in [1.54, 1.807) is 6.98 Å². The van der Waals surface area contributed by atoms with Gasteiger partial charge < -0.3 is 0 Å². The van der Waals surface area contributed by atoms with Gasteiger partial charge in [0.1, 0.15) is 0 Å². The summed E-state index contributed by atoms with van der Waals surface area (Å²) >= 11 is 1.75. The molecule has 0 bridgehead atoms. The van der Waals surface area contributed by atoms with Crippen LogP contribution in [0.5, 0.6) is 0 Å². The van der Waals surface area contributed by atoms with Gasteiger partial charge in [-0.3, -0.25) is 0 Å². The molecule has 2 heterocycles. The molecule has 0 saturated heterocycles. The summed E-state index contributed by atoms with van der Waals surface area (Å²) < 4.78 is 4.55. The molecule has 0 saturated carbocycles. The summed E-state index contributed by atoms with van der Waals surface area (Å²) in [5.74, 6) is 0. The number of fused-ring (bicyclic) bond motifs is 4. The molecule has 6 aromatic rings. The van der Waals surface area contributed by atoms with E-state index in [-0.39, 0.29) is 20.4 Å². The minimum atomic E-state index is -0.137. The zero-order valence-corrected chi connectivity index (χ0v) is 18.0.